The van der Waals surface area contributed by atoms with E-state index in [0.717, 1.165) is 16.9 Å². The number of aliphatic hydroxyl groups is 1. The van der Waals surface area contributed by atoms with Gasteiger partial charge in [-0.25, -0.2) is 4.79 Å². The minimum Gasteiger partial charge on any atom is -0.497 e. The summed E-state index contributed by atoms with van der Waals surface area (Å²) in [4.78, 5) is 11.6. The number of hydrogen-bond acceptors (Lipinski definition) is 4. The molecule has 2 aromatic rings. The molecule has 1 atom stereocenters. The summed E-state index contributed by atoms with van der Waals surface area (Å²) in [6.07, 6.45) is 2.70. The van der Waals surface area contributed by atoms with Gasteiger partial charge < -0.3 is 14.6 Å². The van der Waals surface area contributed by atoms with Crippen LogP contribution in [0.15, 0.2) is 42.5 Å². The van der Waals surface area contributed by atoms with E-state index in [4.69, 9.17) is 9.47 Å². The highest BCUT2D eigenvalue weighted by molar-refractivity contribution is 5.94. The van der Waals surface area contributed by atoms with Crippen molar-refractivity contribution in [1.82, 2.24) is 0 Å². The number of carbonyl (C=O) groups excluding carboxylic acids is 1. The first-order chi connectivity index (χ1) is 10.2. The molecule has 4 nitrogen and oxygen atoms in total. The van der Waals surface area contributed by atoms with E-state index in [9.17, 15) is 9.90 Å². The molecule has 0 spiro atoms. The third-order valence-electron chi connectivity index (χ3n) is 3.37. The van der Waals surface area contributed by atoms with Crippen LogP contribution in [0.1, 0.15) is 33.3 Å². The summed E-state index contributed by atoms with van der Waals surface area (Å²) in [5.41, 5.74) is 2.83. The van der Waals surface area contributed by atoms with Crippen molar-refractivity contribution in [2.75, 3.05) is 7.11 Å². The molecule has 0 saturated carbocycles. The topological polar surface area (TPSA) is 55.8 Å². The van der Waals surface area contributed by atoms with Crippen LogP contribution in [0.5, 0.6) is 5.75 Å². The highest BCUT2D eigenvalue weighted by Gasteiger charge is 2.29. The van der Waals surface area contributed by atoms with Gasteiger partial charge in [-0.05, 0) is 29.3 Å². The number of esters is 1. The molecule has 1 aliphatic rings. The molecule has 21 heavy (non-hydrogen) atoms. The summed E-state index contributed by atoms with van der Waals surface area (Å²) in [5.74, 6) is 0.318. The van der Waals surface area contributed by atoms with Crippen LogP contribution in [0.4, 0.5) is 0 Å². The first-order valence-corrected chi connectivity index (χ1v) is 6.52. The van der Waals surface area contributed by atoms with Gasteiger partial charge in [0.15, 0.2) is 0 Å². The van der Waals surface area contributed by atoms with Crippen LogP contribution in [0.2, 0.25) is 0 Å². The molecule has 1 N–H and O–H groups in total. The largest absolute Gasteiger partial charge is 0.497 e. The van der Waals surface area contributed by atoms with Crippen LogP contribution in [0.3, 0.4) is 0 Å². The first-order valence-electron chi connectivity index (χ1n) is 6.52. The fourth-order valence-corrected chi connectivity index (χ4v) is 2.21. The van der Waals surface area contributed by atoms with Crippen LogP contribution < -0.4 is 4.74 Å². The number of cyclic esters (lactones) is 1. The van der Waals surface area contributed by atoms with Gasteiger partial charge in [-0.1, -0.05) is 36.4 Å². The van der Waals surface area contributed by atoms with E-state index in [-0.39, 0.29) is 0 Å². The molecule has 1 aliphatic heterocycles. The Kier molecular flexibility index (Phi) is 3.46. The van der Waals surface area contributed by atoms with Crippen LogP contribution in [0.25, 0.3) is 12.2 Å². The van der Waals surface area contributed by atoms with E-state index in [0.29, 0.717) is 11.1 Å². The van der Waals surface area contributed by atoms with Crippen molar-refractivity contribution in [1.29, 1.82) is 0 Å². The van der Waals surface area contributed by atoms with Crippen molar-refractivity contribution in [3.63, 3.8) is 0 Å². The zero-order valence-corrected chi connectivity index (χ0v) is 11.4. The molecule has 0 aliphatic carbocycles. The van der Waals surface area contributed by atoms with Gasteiger partial charge in [0.1, 0.15) is 5.75 Å². The Hall–Kier alpha value is -2.59. The molecule has 0 aromatic heterocycles. The van der Waals surface area contributed by atoms with E-state index < -0.39 is 12.3 Å². The number of fused-ring (bicyclic) bond motifs is 1. The molecule has 0 fully saturated rings. The molecule has 4 heteroatoms. The second-order valence-electron chi connectivity index (χ2n) is 4.71. The molecular formula is C17H14O4. The van der Waals surface area contributed by atoms with Crippen LogP contribution >= 0.6 is 0 Å². The van der Waals surface area contributed by atoms with Gasteiger partial charge in [-0.3, -0.25) is 0 Å². The molecule has 106 valence electrons. The molecule has 0 saturated heterocycles. The van der Waals surface area contributed by atoms with E-state index >= 15 is 0 Å². The molecule has 1 unspecified atom stereocenters. The van der Waals surface area contributed by atoms with Gasteiger partial charge in [0.2, 0.25) is 6.29 Å². The van der Waals surface area contributed by atoms with Gasteiger partial charge in [-0.2, -0.15) is 0 Å². The second kappa shape index (κ2) is 5.42. The number of carbonyl (C=O) groups is 1. The third-order valence-corrected chi connectivity index (χ3v) is 3.37. The highest BCUT2D eigenvalue weighted by atomic mass is 16.6. The molecule has 0 radical (unpaired) electrons. The maximum absolute atomic E-state index is 11.6. The van der Waals surface area contributed by atoms with E-state index in [1.54, 1.807) is 19.2 Å². The van der Waals surface area contributed by atoms with Crippen LogP contribution in [0, 0.1) is 0 Å². The summed E-state index contributed by atoms with van der Waals surface area (Å²) in [6, 6.07) is 12.9. The van der Waals surface area contributed by atoms with Crippen molar-refractivity contribution >= 4 is 18.1 Å². The normalized spacial score (nSPS) is 16.9. The zero-order valence-electron chi connectivity index (χ0n) is 11.4. The Labute approximate surface area is 122 Å². The Morgan fingerprint density at radius 3 is 2.48 bits per heavy atom. The zero-order chi connectivity index (χ0) is 14.8. The Morgan fingerprint density at radius 2 is 1.76 bits per heavy atom. The Bertz CT molecular complexity index is 701. The van der Waals surface area contributed by atoms with Crippen molar-refractivity contribution in [3.8, 4) is 5.75 Å². The molecule has 2 aromatic carbocycles. The van der Waals surface area contributed by atoms with Gasteiger partial charge >= 0.3 is 5.97 Å². The Balaban J connectivity index is 1.83. The Morgan fingerprint density at radius 1 is 1.10 bits per heavy atom. The molecular weight excluding hydrogens is 268 g/mol. The fourth-order valence-electron chi connectivity index (χ4n) is 2.21. The van der Waals surface area contributed by atoms with Gasteiger partial charge in [0, 0.05) is 5.56 Å². The number of rotatable bonds is 3. The van der Waals surface area contributed by atoms with Gasteiger partial charge in [-0.15, -0.1) is 0 Å². The second-order valence-corrected chi connectivity index (χ2v) is 4.71. The average Bonchev–Trinajstić information content (AvgIpc) is 2.80. The average molecular weight is 282 g/mol. The van der Waals surface area contributed by atoms with Crippen molar-refractivity contribution in [2.45, 2.75) is 6.29 Å². The summed E-state index contributed by atoms with van der Waals surface area (Å²) in [7, 11) is 1.63. The summed E-state index contributed by atoms with van der Waals surface area (Å²) in [6.45, 7) is 0. The molecule has 0 amide bonds. The summed E-state index contributed by atoms with van der Waals surface area (Å²) >= 11 is 0. The van der Waals surface area contributed by atoms with Crippen molar-refractivity contribution < 1.29 is 19.4 Å². The number of benzene rings is 2. The lowest BCUT2D eigenvalue weighted by Crippen LogP contribution is -1.95. The minimum atomic E-state index is -1.15. The van der Waals surface area contributed by atoms with Crippen LogP contribution in [-0.2, 0) is 4.74 Å². The molecule has 3 rings (SSSR count). The number of methoxy groups -OCH3 is 1. The van der Waals surface area contributed by atoms with Gasteiger partial charge in [0.05, 0.1) is 12.7 Å². The summed E-state index contributed by atoms with van der Waals surface area (Å²) in [5, 5.41) is 9.53. The summed E-state index contributed by atoms with van der Waals surface area (Å²) < 4.78 is 9.86. The SMILES string of the molecule is COc1ccc(C=Cc2ccc3c(c2)C(=O)OC3O)cc1. The quantitative estimate of drug-likeness (QED) is 0.694. The number of aliphatic hydroxyl groups excluding tert-OH is 1. The minimum absolute atomic E-state index is 0.416. The maximum atomic E-state index is 11.6. The van der Waals surface area contributed by atoms with Crippen LogP contribution in [-0.4, -0.2) is 18.2 Å². The lowest BCUT2D eigenvalue weighted by Gasteiger charge is -2.01. The fraction of sp³-hybridized carbons (Fsp3) is 0.118. The smallest absolute Gasteiger partial charge is 0.341 e. The number of ether oxygens (including phenoxy) is 2. The standard InChI is InChI=1S/C17H14O4/c1-20-13-7-4-11(5-8-13)2-3-12-6-9-14-15(10-12)17(19)21-16(14)18/h2-10,16,18H,1H3. The first kappa shape index (κ1) is 13.4. The lowest BCUT2D eigenvalue weighted by molar-refractivity contribution is -0.0547. The number of hydrogen-bond donors (Lipinski definition) is 1. The monoisotopic (exact) mass is 282 g/mol. The van der Waals surface area contributed by atoms with E-state index in [2.05, 4.69) is 0 Å². The maximum Gasteiger partial charge on any atom is 0.341 e. The van der Waals surface area contributed by atoms with Gasteiger partial charge in [0.25, 0.3) is 0 Å². The predicted molar refractivity (Wildman–Crippen MR) is 78.7 cm³/mol. The molecule has 0 bridgehead atoms. The van der Waals surface area contributed by atoms with Crippen molar-refractivity contribution in [3.05, 3.63) is 64.7 Å². The van der Waals surface area contributed by atoms with E-state index in [1.807, 2.05) is 42.5 Å². The van der Waals surface area contributed by atoms with E-state index in [1.165, 1.54) is 0 Å². The van der Waals surface area contributed by atoms with Crippen molar-refractivity contribution in [2.24, 2.45) is 0 Å². The third kappa shape index (κ3) is 2.66. The predicted octanol–water partition coefficient (Wildman–Crippen LogP) is 3.03. The lowest BCUT2D eigenvalue weighted by atomic mass is 10.0. The highest BCUT2D eigenvalue weighted by Crippen LogP contribution is 2.29. The molecule has 1 heterocycles.